The van der Waals surface area contributed by atoms with Crippen molar-refractivity contribution in [3.05, 3.63) is 24.3 Å². The number of hydrogen-bond donors (Lipinski definition) is 0. The highest BCUT2D eigenvalue weighted by Crippen LogP contribution is 2.11. The van der Waals surface area contributed by atoms with Crippen molar-refractivity contribution in [1.82, 2.24) is 19.8 Å². The topological polar surface area (TPSA) is 58.6 Å². The van der Waals surface area contributed by atoms with Crippen molar-refractivity contribution in [3.63, 3.8) is 0 Å². The third kappa shape index (κ3) is 4.25. The van der Waals surface area contributed by atoms with E-state index in [-0.39, 0.29) is 18.1 Å². The summed E-state index contributed by atoms with van der Waals surface area (Å²) < 4.78 is 5.64. The normalized spacial score (nSPS) is 23.1. The summed E-state index contributed by atoms with van der Waals surface area (Å²) in [6.07, 6.45) is 5.24. The molecule has 0 radical (unpaired) electrons. The molecule has 1 amide bonds. The largest absolute Gasteiger partial charge is 0.372 e. The van der Waals surface area contributed by atoms with E-state index in [4.69, 9.17) is 4.74 Å². The predicted molar refractivity (Wildman–Crippen MR) is 75.0 cm³/mol. The monoisotopic (exact) mass is 278 g/mol. The zero-order valence-corrected chi connectivity index (χ0v) is 12.3. The fourth-order valence-corrected chi connectivity index (χ4v) is 2.46. The molecule has 0 saturated carbocycles. The Kier molecular flexibility index (Phi) is 5.03. The molecule has 0 spiro atoms. The highest BCUT2D eigenvalue weighted by Gasteiger charge is 2.26. The van der Waals surface area contributed by atoms with Gasteiger partial charge in [-0.05, 0) is 20.9 Å². The van der Waals surface area contributed by atoms with Gasteiger partial charge in [0.05, 0.1) is 24.4 Å². The molecule has 1 aromatic rings. The first-order valence-corrected chi connectivity index (χ1v) is 6.91. The van der Waals surface area contributed by atoms with Crippen molar-refractivity contribution in [2.75, 3.05) is 26.7 Å². The van der Waals surface area contributed by atoms with Crippen LogP contribution in [0.25, 0.3) is 0 Å². The molecular formula is C14H22N4O2. The number of hydrogen-bond acceptors (Lipinski definition) is 5. The summed E-state index contributed by atoms with van der Waals surface area (Å²) in [5, 5.41) is 0. The van der Waals surface area contributed by atoms with Crippen LogP contribution in [0.3, 0.4) is 0 Å². The number of amides is 1. The van der Waals surface area contributed by atoms with Gasteiger partial charge in [-0.1, -0.05) is 0 Å². The van der Waals surface area contributed by atoms with Gasteiger partial charge in [0.25, 0.3) is 0 Å². The first-order chi connectivity index (χ1) is 9.54. The number of nitrogens with zero attached hydrogens (tertiary/aromatic N) is 4. The maximum atomic E-state index is 12.3. The van der Waals surface area contributed by atoms with Crippen molar-refractivity contribution < 1.29 is 9.53 Å². The van der Waals surface area contributed by atoms with Gasteiger partial charge in [0.1, 0.15) is 0 Å². The van der Waals surface area contributed by atoms with Gasteiger partial charge in [0.2, 0.25) is 5.91 Å². The predicted octanol–water partition coefficient (Wildman–Crippen LogP) is 0.544. The highest BCUT2D eigenvalue weighted by atomic mass is 16.5. The van der Waals surface area contributed by atoms with Crippen LogP contribution < -0.4 is 0 Å². The Bertz CT molecular complexity index is 430. The lowest BCUT2D eigenvalue weighted by atomic mass is 10.2. The van der Waals surface area contributed by atoms with E-state index in [1.165, 1.54) is 0 Å². The Morgan fingerprint density at radius 2 is 2.10 bits per heavy atom. The van der Waals surface area contributed by atoms with Crippen molar-refractivity contribution in [2.24, 2.45) is 0 Å². The van der Waals surface area contributed by atoms with Crippen LogP contribution in [0.15, 0.2) is 18.6 Å². The second kappa shape index (κ2) is 6.76. The lowest BCUT2D eigenvalue weighted by molar-refractivity contribution is -0.144. The summed E-state index contributed by atoms with van der Waals surface area (Å²) in [4.78, 5) is 24.4. The second-order valence-corrected chi connectivity index (χ2v) is 5.43. The molecule has 2 heterocycles. The van der Waals surface area contributed by atoms with Gasteiger partial charge in [-0.25, -0.2) is 0 Å². The molecule has 1 aliphatic heterocycles. The SMILES string of the molecule is C[C@@H]1CN(C(=O)CN(C)Cc2cnccn2)C[C@H](C)O1. The number of aromatic nitrogens is 2. The number of carbonyl (C=O) groups is 1. The standard InChI is InChI=1S/C14H22N4O2/c1-11-7-18(8-12(2)20-11)14(19)10-17(3)9-13-6-15-4-5-16-13/h4-6,11-12H,7-10H2,1-3H3/t11-,12+. The molecule has 1 aliphatic rings. The lowest BCUT2D eigenvalue weighted by Crippen LogP contribution is -2.50. The number of rotatable bonds is 4. The number of morpholine rings is 1. The molecule has 1 saturated heterocycles. The molecule has 20 heavy (non-hydrogen) atoms. The molecule has 0 aromatic carbocycles. The molecule has 1 aromatic heterocycles. The average Bonchev–Trinajstić information content (AvgIpc) is 2.38. The van der Waals surface area contributed by atoms with Crippen LogP contribution in [0.2, 0.25) is 0 Å². The fraction of sp³-hybridized carbons (Fsp3) is 0.643. The third-order valence-corrected chi connectivity index (χ3v) is 3.23. The van der Waals surface area contributed by atoms with E-state index in [1.807, 2.05) is 30.7 Å². The Hall–Kier alpha value is -1.53. The lowest BCUT2D eigenvalue weighted by Gasteiger charge is -2.36. The molecule has 6 heteroatoms. The average molecular weight is 278 g/mol. The van der Waals surface area contributed by atoms with Crippen molar-refractivity contribution in [3.8, 4) is 0 Å². The van der Waals surface area contributed by atoms with Crippen LogP contribution in [0.5, 0.6) is 0 Å². The van der Waals surface area contributed by atoms with Crippen molar-refractivity contribution in [1.29, 1.82) is 0 Å². The molecule has 110 valence electrons. The summed E-state index contributed by atoms with van der Waals surface area (Å²) in [7, 11) is 1.92. The summed E-state index contributed by atoms with van der Waals surface area (Å²) in [6, 6.07) is 0. The minimum Gasteiger partial charge on any atom is -0.372 e. The molecule has 2 atom stereocenters. The molecule has 1 fully saturated rings. The number of carbonyl (C=O) groups excluding carboxylic acids is 1. The zero-order valence-electron chi connectivity index (χ0n) is 12.3. The van der Waals surface area contributed by atoms with E-state index in [9.17, 15) is 4.79 Å². The quantitative estimate of drug-likeness (QED) is 0.805. The van der Waals surface area contributed by atoms with Crippen LogP contribution in [0.4, 0.5) is 0 Å². The van der Waals surface area contributed by atoms with Crippen molar-refractivity contribution in [2.45, 2.75) is 32.6 Å². The van der Waals surface area contributed by atoms with Gasteiger partial charge >= 0.3 is 0 Å². The van der Waals surface area contributed by atoms with E-state index in [0.29, 0.717) is 26.2 Å². The molecule has 0 N–H and O–H groups in total. The summed E-state index contributed by atoms with van der Waals surface area (Å²) >= 11 is 0. The van der Waals surface area contributed by atoms with Gasteiger partial charge in [0, 0.05) is 38.2 Å². The molecule has 0 unspecified atom stereocenters. The van der Waals surface area contributed by atoms with E-state index < -0.39 is 0 Å². The van der Waals surface area contributed by atoms with E-state index in [0.717, 1.165) is 5.69 Å². The minimum absolute atomic E-state index is 0.105. The van der Waals surface area contributed by atoms with Crippen LogP contribution >= 0.6 is 0 Å². The van der Waals surface area contributed by atoms with Gasteiger partial charge in [0.15, 0.2) is 0 Å². The Morgan fingerprint density at radius 3 is 2.70 bits per heavy atom. The molecule has 0 aliphatic carbocycles. The Labute approximate surface area is 119 Å². The molecule has 2 rings (SSSR count). The molecule has 0 bridgehead atoms. The first kappa shape index (κ1) is 14.9. The molecule has 6 nitrogen and oxygen atoms in total. The van der Waals surface area contributed by atoms with E-state index in [2.05, 4.69) is 9.97 Å². The zero-order chi connectivity index (χ0) is 14.5. The highest BCUT2D eigenvalue weighted by molar-refractivity contribution is 5.78. The van der Waals surface area contributed by atoms with Crippen molar-refractivity contribution >= 4 is 5.91 Å². The van der Waals surface area contributed by atoms with Crippen LogP contribution in [0.1, 0.15) is 19.5 Å². The third-order valence-electron chi connectivity index (χ3n) is 3.23. The fourth-order valence-electron chi connectivity index (χ4n) is 2.46. The maximum absolute atomic E-state index is 12.3. The van der Waals surface area contributed by atoms with Crippen LogP contribution in [-0.2, 0) is 16.1 Å². The number of likely N-dealkylation sites (N-methyl/N-ethyl adjacent to an activating group) is 1. The minimum atomic E-state index is 0.105. The van der Waals surface area contributed by atoms with Gasteiger partial charge in [-0.2, -0.15) is 0 Å². The van der Waals surface area contributed by atoms with E-state index in [1.54, 1.807) is 18.6 Å². The summed E-state index contributed by atoms with van der Waals surface area (Å²) in [5.41, 5.74) is 0.867. The Balaban J connectivity index is 1.84. The van der Waals surface area contributed by atoms with Crippen LogP contribution in [-0.4, -0.2) is 64.6 Å². The summed E-state index contributed by atoms with van der Waals surface area (Å²) in [6.45, 7) is 6.34. The van der Waals surface area contributed by atoms with Gasteiger partial charge in [-0.3, -0.25) is 19.7 Å². The van der Waals surface area contributed by atoms with Crippen LogP contribution in [0, 0.1) is 0 Å². The maximum Gasteiger partial charge on any atom is 0.236 e. The van der Waals surface area contributed by atoms with Gasteiger partial charge in [-0.15, -0.1) is 0 Å². The second-order valence-electron chi connectivity index (χ2n) is 5.43. The Morgan fingerprint density at radius 1 is 1.40 bits per heavy atom. The first-order valence-electron chi connectivity index (χ1n) is 6.91. The van der Waals surface area contributed by atoms with E-state index >= 15 is 0 Å². The number of ether oxygens (including phenoxy) is 1. The smallest absolute Gasteiger partial charge is 0.236 e. The van der Waals surface area contributed by atoms with Gasteiger partial charge < -0.3 is 9.64 Å². The molecular weight excluding hydrogens is 256 g/mol. The summed E-state index contributed by atoms with van der Waals surface area (Å²) in [5.74, 6) is 0.137.